The van der Waals surface area contributed by atoms with E-state index in [0.717, 1.165) is 48.3 Å². The van der Waals surface area contributed by atoms with Gasteiger partial charge in [0.1, 0.15) is 5.82 Å². The normalized spacial score (nSPS) is 16.0. The lowest BCUT2D eigenvalue weighted by atomic mass is 9.82. The number of aryl methyl sites for hydroxylation is 1. The minimum absolute atomic E-state index is 0.221. The Morgan fingerprint density at radius 3 is 2.45 bits per heavy atom. The number of carbonyl (C=O) groups is 1. The van der Waals surface area contributed by atoms with Crippen molar-refractivity contribution in [2.75, 3.05) is 24.6 Å². The fraction of sp³-hybridized carbons (Fsp3) is 0.469. The average molecular weight is 550 g/mol. The first-order valence-corrected chi connectivity index (χ1v) is 13.8. The Balaban J connectivity index is 1.67. The maximum absolute atomic E-state index is 13.5. The topological polar surface area (TPSA) is 84.8 Å². The minimum atomic E-state index is -1.17. The highest BCUT2D eigenvalue weighted by Gasteiger charge is 2.35. The average Bonchev–Trinajstić information content (AvgIpc) is 2.87. The summed E-state index contributed by atoms with van der Waals surface area (Å²) >= 11 is 0. The van der Waals surface area contributed by atoms with Gasteiger partial charge in [-0.25, -0.2) is 14.2 Å². The Kier molecular flexibility index (Phi) is 8.78. The van der Waals surface area contributed by atoms with Gasteiger partial charge >= 0.3 is 5.97 Å². The number of anilines is 1. The van der Waals surface area contributed by atoms with Gasteiger partial charge in [-0.3, -0.25) is 4.98 Å². The molecule has 1 aromatic carbocycles. The van der Waals surface area contributed by atoms with E-state index in [9.17, 15) is 14.3 Å². The molecule has 1 N–H and O–H groups in total. The first-order chi connectivity index (χ1) is 18.8. The highest BCUT2D eigenvalue weighted by Crippen LogP contribution is 2.43. The lowest BCUT2D eigenvalue weighted by Crippen LogP contribution is -2.39. The van der Waals surface area contributed by atoms with Crippen molar-refractivity contribution in [3.8, 4) is 17.0 Å². The van der Waals surface area contributed by atoms with Gasteiger partial charge in [-0.15, -0.1) is 0 Å². The molecule has 7 nitrogen and oxygen atoms in total. The number of halogens is 1. The zero-order valence-electron chi connectivity index (χ0n) is 24.3. The Hall–Kier alpha value is -3.52. The monoisotopic (exact) mass is 549 g/mol. The molecular formula is C32H40FN3O4. The van der Waals surface area contributed by atoms with Gasteiger partial charge in [0, 0.05) is 60.4 Å². The summed E-state index contributed by atoms with van der Waals surface area (Å²) in [6, 6.07) is 10.2. The molecule has 1 fully saturated rings. The van der Waals surface area contributed by atoms with Crippen molar-refractivity contribution in [3.05, 3.63) is 71.4 Å². The lowest BCUT2D eigenvalue weighted by molar-refractivity contribution is -0.160. The van der Waals surface area contributed by atoms with Crippen molar-refractivity contribution in [1.82, 2.24) is 9.97 Å². The molecule has 214 valence electrons. The lowest BCUT2D eigenvalue weighted by Gasteiger charge is -2.40. The van der Waals surface area contributed by atoms with Crippen LogP contribution in [0.3, 0.4) is 0 Å². The van der Waals surface area contributed by atoms with E-state index in [-0.39, 0.29) is 11.2 Å². The summed E-state index contributed by atoms with van der Waals surface area (Å²) in [5.41, 5.74) is 4.07. The number of aliphatic carboxylic acids is 1. The zero-order chi connectivity index (χ0) is 29.1. The second-order valence-electron chi connectivity index (χ2n) is 12.2. The number of carboxylic acid groups (broad SMARTS) is 1. The number of ether oxygens (including phenoxy) is 2. The van der Waals surface area contributed by atoms with Crippen LogP contribution in [-0.2, 0) is 16.0 Å². The third-order valence-corrected chi connectivity index (χ3v) is 7.26. The van der Waals surface area contributed by atoms with Crippen molar-refractivity contribution in [1.29, 1.82) is 0 Å². The smallest absolute Gasteiger partial charge is 0.337 e. The van der Waals surface area contributed by atoms with Gasteiger partial charge in [-0.2, -0.15) is 0 Å². The van der Waals surface area contributed by atoms with Gasteiger partial charge in [0.05, 0.1) is 17.9 Å². The summed E-state index contributed by atoms with van der Waals surface area (Å²) in [7, 11) is 0. The fourth-order valence-corrected chi connectivity index (χ4v) is 4.99. The van der Waals surface area contributed by atoms with E-state index in [1.807, 2.05) is 39.8 Å². The third kappa shape index (κ3) is 7.36. The molecule has 0 unspecified atom stereocenters. The van der Waals surface area contributed by atoms with E-state index < -0.39 is 17.7 Å². The summed E-state index contributed by atoms with van der Waals surface area (Å²) in [5, 5.41) is 10.3. The number of pyridine rings is 2. The molecule has 3 heterocycles. The van der Waals surface area contributed by atoms with E-state index in [2.05, 4.69) is 28.7 Å². The highest BCUT2D eigenvalue weighted by molar-refractivity contribution is 5.86. The van der Waals surface area contributed by atoms with Crippen molar-refractivity contribution >= 4 is 11.7 Å². The molecule has 0 bridgehead atoms. The van der Waals surface area contributed by atoms with E-state index in [4.69, 9.17) is 9.47 Å². The SMILES string of the molecule is Cc1ncc(-c2ccc(OCCc3cccc(F)c3)nc2)c(N2CCC(C)(C)CC2)c1[C@H](OC(C)(C)C)C(=O)O. The van der Waals surface area contributed by atoms with Crippen LogP contribution in [0.2, 0.25) is 0 Å². The first-order valence-electron chi connectivity index (χ1n) is 13.8. The fourth-order valence-electron chi connectivity index (χ4n) is 4.99. The molecule has 2 aromatic heterocycles. The van der Waals surface area contributed by atoms with Gasteiger partial charge in [0.25, 0.3) is 0 Å². The predicted molar refractivity (Wildman–Crippen MR) is 154 cm³/mol. The molecule has 0 aliphatic carbocycles. The van der Waals surface area contributed by atoms with E-state index in [0.29, 0.717) is 30.2 Å². The number of aromatic nitrogens is 2. The molecule has 40 heavy (non-hydrogen) atoms. The summed E-state index contributed by atoms with van der Waals surface area (Å²) < 4.78 is 25.4. The molecule has 8 heteroatoms. The molecule has 4 rings (SSSR count). The molecule has 1 saturated heterocycles. The molecule has 1 aliphatic rings. The Labute approximate surface area is 236 Å². The van der Waals surface area contributed by atoms with Gasteiger partial charge in [0.2, 0.25) is 5.88 Å². The standard InChI is InChI=1S/C32H40FN3O4/c1-21-27(29(30(37)38)40-31(2,3)4)28(36-15-13-32(5,6)14-16-36)25(20-34-21)23-10-11-26(35-19-23)39-17-12-22-8-7-9-24(33)18-22/h7-11,18-20,29H,12-17H2,1-6H3,(H,37,38)/t29-/m0/s1. The van der Waals surface area contributed by atoms with Gasteiger partial charge in [-0.1, -0.05) is 26.0 Å². The van der Waals surface area contributed by atoms with E-state index in [1.54, 1.807) is 24.5 Å². The Morgan fingerprint density at radius 1 is 1.12 bits per heavy atom. The van der Waals surface area contributed by atoms with E-state index >= 15 is 0 Å². The van der Waals surface area contributed by atoms with E-state index in [1.165, 1.54) is 12.1 Å². The van der Waals surface area contributed by atoms with Crippen molar-refractivity contribution in [2.24, 2.45) is 5.41 Å². The maximum atomic E-state index is 13.5. The number of benzene rings is 1. The predicted octanol–water partition coefficient (Wildman–Crippen LogP) is 6.78. The molecule has 1 atom stereocenters. The number of rotatable bonds is 9. The minimum Gasteiger partial charge on any atom is -0.479 e. The van der Waals surface area contributed by atoms with Crippen molar-refractivity contribution in [3.63, 3.8) is 0 Å². The molecule has 0 saturated carbocycles. The summed E-state index contributed by atoms with van der Waals surface area (Å²) in [6.45, 7) is 13.9. The molecular weight excluding hydrogens is 509 g/mol. The van der Waals surface area contributed by atoms with Gasteiger partial charge in [0.15, 0.2) is 6.10 Å². The molecule has 0 amide bonds. The van der Waals surface area contributed by atoms with Crippen LogP contribution in [0.4, 0.5) is 10.1 Å². The number of piperidine rings is 1. The second-order valence-corrected chi connectivity index (χ2v) is 12.2. The third-order valence-electron chi connectivity index (χ3n) is 7.26. The van der Waals surface area contributed by atoms with Crippen molar-refractivity contribution < 1.29 is 23.8 Å². The van der Waals surface area contributed by atoms with Crippen LogP contribution in [-0.4, -0.2) is 46.3 Å². The van der Waals surface area contributed by atoms with Crippen molar-refractivity contribution in [2.45, 2.75) is 72.5 Å². The Bertz CT molecular complexity index is 1320. The maximum Gasteiger partial charge on any atom is 0.337 e. The molecule has 0 radical (unpaired) electrons. The quantitative estimate of drug-likeness (QED) is 0.315. The highest BCUT2D eigenvalue weighted by atomic mass is 19.1. The molecule has 1 aliphatic heterocycles. The number of carboxylic acids is 1. The first kappa shape index (κ1) is 29.5. The van der Waals surface area contributed by atoms with Crippen LogP contribution in [0.5, 0.6) is 5.88 Å². The molecule has 0 spiro atoms. The van der Waals surface area contributed by atoms with Crippen LogP contribution in [0.1, 0.15) is 70.4 Å². The van der Waals surface area contributed by atoms with Crippen LogP contribution in [0, 0.1) is 18.2 Å². The van der Waals surface area contributed by atoms with Crippen LogP contribution in [0.15, 0.2) is 48.8 Å². The Morgan fingerprint density at radius 2 is 1.85 bits per heavy atom. The molecule has 3 aromatic rings. The summed E-state index contributed by atoms with van der Waals surface area (Å²) in [5.74, 6) is -0.853. The summed E-state index contributed by atoms with van der Waals surface area (Å²) in [6.07, 6.45) is 4.89. The number of hydrogen-bond acceptors (Lipinski definition) is 6. The van der Waals surface area contributed by atoms with Crippen LogP contribution in [0.25, 0.3) is 11.1 Å². The number of hydrogen-bond donors (Lipinski definition) is 1. The van der Waals surface area contributed by atoms with Crippen LogP contribution >= 0.6 is 0 Å². The van der Waals surface area contributed by atoms with Crippen LogP contribution < -0.4 is 9.64 Å². The zero-order valence-corrected chi connectivity index (χ0v) is 24.3. The second kappa shape index (κ2) is 11.9. The number of nitrogens with zero attached hydrogens (tertiary/aromatic N) is 3. The summed E-state index contributed by atoms with van der Waals surface area (Å²) in [4.78, 5) is 24.0. The van der Waals surface area contributed by atoms with Gasteiger partial charge in [-0.05, 0) is 69.7 Å². The largest absolute Gasteiger partial charge is 0.479 e. The van der Waals surface area contributed by atoms with Gasteiger partial charge < -0.3 is 19.5 Å².